The molecular weight excluding hydrogens is 773 g/mol. The third-order valence-corrected chi connectivity index (χ3v) is 12.4. The van der Waals surface area contributed by atoms with Gasteiger partial charge in [0.1, 0.15) is 0 Å². The number of rotatable bonds is 11. The number of fused-ring (bicyclic) bond motifs is 4. The van der Waals surface area contributed by atoms with Crippen LogP contribution in [0.15, 0.2) is 238 Å². The van der Waals surface area contributed by atoms with Crippen molar-refractivity contribution in [2.45, 2.75) is 13.8 Å². The fraction of sp³-hybridized carbons (Fsp3) is 0.0323. The van der Waals surface area contributed by atoms with Gasteiger partial charge in [-0.3, -0.25) is 0 Å². The number of nitrogens with zero attached hydrogens (tertiary/aromatic N) is 2. The van der Waals surface area contributed by atoms with Gasteiger partial charge in [-0.05, 0) is 136 Å². The lowest BCUT2D eigenvalue weighted by Crippen LogP contribution is -1.97. The second kappa shape index (κ2) is 17.3. The minimum atomic E-state index is 0.967. The summed E-state index contributed by atoms with van der Waals surface area (Å²) >= 11 is 0. The van der Waals surface area contributed by atoms with E-state index in [2.05, 4.69) is 249 Å². The van der Waals surface area contributed by atoms with Crippen LogP contribution in [-0.2, 0) is 0 Å². The highest BCUT2D eigenvalue weighted by Crippen LogP contribution is 2.39. The Bertz CT molecular complexity index is 3430. The van der Waals surface area contributed by atoms with E-state index < -0.39 is 0 Å². The molecule has 2 heterocycles. The Kier molecular flexibility index (Phi) is 10.8. The zero-order valence-corrected chi connectivity index (χ0v) is 36.2. The monoisotopic (exact) mass is 820 g/mol. The van der Waals surface area contributed by atoms with E-state index in [4.69, 9.17) is 0 Å². The van der Waals surface area contributed by atoms with Gasteiger partial charge in [0.15, 0.2) is 0 Å². The number of hydrogen-bond acceptors (Lipinski definition) is 0. The maximum atomic E-state index is 4.48. The van der Waals surface area contributed by atoms with Crippen LogP contribution < -0.4 is 0 Å². The summed E-state index contributed by atoms with van der Waals surface area (Å²) in [5.41, 5.74) is 19.6. The Balaban J connectivity index is 1.05. The van der Waals surface area contributed by atoms with Crippen molar-refractivity contribution in [1.82, 2.24) is 9.13 Å². The largest absolute Gasteiger partial charge is 0.317 e. The molecule has 0 bridgehead atoms. The van der Waals surface area contributed by atoms with Crippen molar-refractivity contribution in [3.05, 3.63) is 266 Å². The minimum Gasteiger partial charge on any atom is -0.317 e. The SMILES string of the molecule is C=C/C=C\c1c(C)ccc2c3cc(-c4ccc5c(ccn5-c5ccc(-c6ccccc6)cc5)c4)ccc3n(-c3ccc(C(/C=C(\C)c4ccccc4)=C/C(=C)c4ccccc4)cc3)c12. The summed E-state index contributed by atoms with van der Waals surface area (Å²) in [7, 11) is 0. The van der Waals surface area contributed by atoms with Crippen molar-refractivity contribution in [2.75, 3.05) is 0 Å². The molecule has 0 saturated carbocycles. The van der Waals surface area contributed by atoms with Crippen LogP contribution in [0.25, 0.3) is 89.1 Å². The predicted octanol–water partition coefficient (Wildman–Crippen LogP) is 16.8. The Morgan fingerprint density at radius 2 is 1.12 bits per heavy atom. The molecule has 0 radical (unpaired) electrons. The highest BCUT2D eigenvalue weighted by atomic mass is 15.0. The fourth-order valence-electron chi connectivity index (χ4n) is 9.00. The van der Waals surface area contributed by atoms with E-state index in [0.717, 1.165) is 39.2 Å². The molecule has 8 aromatic carbocycles. The molecule has 2 heteroatoms. The van der Waals surface area contributed by atoms with Crippen molar-refractivity contribution in [1.29, 1.82) is 0 Å². The molecule has 10 rings (SSSR count). The van der Waals surface area contributed by atoms with Crippen molar-refractivity contribution in [3.63, 3.8) is 0 Å². The average molecular weight is 821 g/mol. The molecule has 0 aliphatic heterocycles. The van der Waals surface area contributed by atoms with Crippen molar-refractivity contribution in [3.8, 4) is 33.6 Å². The Morgan fingerprint density at radius 1 is 0.516 bits per heavy atom. The number of allylic oxidation sites excluding steroid dienone is 7. The van der Waals surface area contributed by atoms with E-state index >= 15 is 0 Å². The number of aryl methyl sites for hydroxylation is 1. The van der Waals surface area contributed by atoms with Gasteiger partial charge in [-0.15, -0.1) is 0 Å². The molecule has 0 spiro atoms. The van der Waals surface area contributed by atoms with E-state index in [1.165, 1.54) is 71.7 Å². The number of aromatic nitrogens is 2. The fourth-order valence-corrected chi connectivity index (χ4v) is 9.00. The lowest BCUT2D eigenvalue weighted by Gasteiger charge is -2.13. The summed E-state index contributed by atoms with van der Waals surface area (Å²) < 4.78 is 4.70. The molecule has 2 nitrogen and oxygen atoms in total. The van der Waals surface area contributed by atoms with Gasteiger partial charge in [0.2, 0.25) is 0 Å². The molecule has 0 amide bonds. The smallest absolute Gasteiger partial charge is 0.0616 e. The zero-order valence-electron chi connectivity index (χ0n) is 36.2. The summed E-state index contributed by atoms with van der Waals surface area (Å²) in [6.45, 7) is 12.9. The van der Waals surface area contributed by atoms with Gasteiger partial charge in [-0.25, -0.2) is 0 Å². The molecule has 64 heavy (non-hydrogen) atoms. The van der Waals surface area contributed by atoms with E-state index in [1.807, 2.05) is 18.2 Å². The van der Waals surface area contributed by atoms with Crippen LogP contribution in [0.3, 0.4) is 0 Å². The molecule has 0 unspecified atom stereocenters. The van der Waals surface area contributed by atoms with Gasteiger partial charge in [0.25, 0.3) is 0 Å². The maximum Gasteiger partial charge on any atom is 0.0616 e. The van der Waals surface area contributed by atoms with Crippen LogP contribution in [0, 0.1) is 6.92 Å². The molecule has 0 atom stereocenters. The number of hydrogen-bond donors (Lipinski definition) is 0. The molecule has 0 aliphatic carbocycles. The standard InChI is InChI=1S/C62H48N2/c1-5-6-22-57-43(2)23-34-58-59-42-52(51-28-35-60-53(41-51)37-38-63(60)55-30-24-49(25-31-55)48-20-14-9-15-21-48)29-36-61(59)64(62(57)58)56-32-26-50(27-33-56)54(39-44(3)46-16-10-7-11-17-46)40-45(4)47-18-12-8-13-19-47/h5-42H,1,3H2,2,4H3/b22-6-,45-40+,54-39+. The Morgan fingerprint density at radius 3 is 1.83 bits per heavy atom. The van der Waals surface area contributed by atoms with E-state index in [-0.39, 0.29) is 0 Å². The minimum absolute atomic E-state index is 0.967. The molecule has 0 saturated heterocycles. The first kappa shape index (κ1) is 39.9. The van der Waals surface area contributed by atoms with Gasteiger partial charge in [-0.1, -0.05) is 177 Å². The lowest BCUT2D eigenvalue weighted by molar-refractivity contribution is 1.13. The molecule has 306 valence electrons. The van der Waals surface area contributed by atoms with E-state index in [0.29, 0.717) is 0 Å². The van der Waals surface area contributed by atoms with Crippen LogP contribution in [-0.4, -0.2) is 9.13 Å². The van der Waals surface area contributed by atoms with Gasteiger partial charge >= 0.3 is 0 Å². The second-order valence-electron chi connectivity index (χ2n) is 16.5. The van der Waals surface area contributed by atoms with Crippen LogP contribution in [0.1, 0.15) is 34.7 Å². The van der Waals surface area contributed by atoms with Crippen molar-refractivity contribution < 1.29 is 0 Å². The summed E-state index contributed by atoms with van der Waals surface area (Å²) in [5, 5.41) is 3.62. The average Bonchev–Trinajstić information content (AvgIpc) is 3.93. The van der Waals surface area contributed by atoms with Crippen LogP contribution in [0.2, 0.25) is 0 Å². The topological polar surface area (TPSA) is 9.86 Å². The Labute approximate surface area is 376 Å². The molecule has 2 aromatic heterocycles. The quantitative estimate of drug-likeness (QED) is 0.115. The van der Waals surface area contributed by atoms with Crippen LogP contribution >= 0.6 is 0 Å². The first-order valence-electron chi connectivity index (χ1n) is 21.9. The van der Waals surface area contributed by atoms with E-state index in [1.54, 1.807) is 0 Å². The molecular formula is C62H48N2. The maximum absolute atomic E-state index is 4.48. The summed E-state index contributed by atoms with van der Waals surface area (Å²) in [6, 6.07) is 69.8. The molecule has 0 fully saturated rings. The summed E-state index contributed by atoms with van der Waals surface area (Å²) in [5.74, 6) is 0. The van der Waals surface area contributed by atoms with Crippen molar-refractivity contribution >= 4 is 55.5 Å². The zero-order chi connectivity index (χ0) is 43.6. The first-order chi connectivity index (χ1) is 31.4. The third-order valence-electron chi connectivity index (χ3n) is 12.4. The molecule has 0 N–H and O–H groups in total. The highest BCUT2D eigenvalue weighted by molar-refractivity contribution is 6.13. The lowest BCUT2D eigenvalue weighted by atomic mass is 9.96. The summed E-state index contributed by atoms with van der Waals surface area (Å²) in [4.78, 5) is 0. The van der Waals surface area contributed by atoms with Gasteiger partial charge in [0, 0.05) is 39.3 Å². The summed E-state index contributed by atoms with van der Waals surface area (Å²) in [6.07, 6.45) is 12.7. The molecule has 0 aliphatic rings. The van der Waals surface area contributed by atoms with Gasteiger partial charge < -0.3 is 9.13 Å². The first-order valence-corrected chi connectivity index (χ1v) is 21.9. The van der Waals surface area contributed by atoms with Gasteiger partial charge in [-0.2, -0.15) is 0 Å². The van der Waals surface area contributed by atoms with E-state index in [9.17, 15) is 0 Å². The third kappa shape index (κ3) is 7.67. The van der Waals surface area contributed by atoms with Gasteiger partial charge in [0.05, 0.1) is 16.6 Å². The highest BCUT2D eigenvalue weighted by Gasteiger charge is 2.18. The predicted molar refractivity (Wildman–Crippen MR) is 276 cm³/mol. The van der Waals surface area contributed by atoms with Crippen LogP contribution in [0.5, 0.6) is 0 Å². The number of benzene rings is 8. The molecule has 10 aromatic rings. The van der Waals surface area contributed by atoms with Crippen LogP contribution in [0.4, 0.5) is 0 Å². The second-order valence-corrected chi connectivity index (χ2v) is 16.5. The Hall–Kier alpha value is -8.20. The van der Waals surface area contributed by atoms with Crippen molar-refractivity contribution in [2.24, 2.45) is 0 Å². The normalized spacial score (nSPS) is 12.2.